The van der Waals surface area contributed by atoms with Gasteiger partial charge in [0.15, 0.2) is 0 Å². The molecule has 1 fully saturated rings. The van der Waals surface area contributed by atoms with Gasteiger partial charge in [-0.25, -0.2) is 0 Å². The summed E-state index contributed by atoms with van der Waals surface area (Å²) in [4.78, 5) is 11.3. The summed E-state index contributed by atoms with van der Waals surface area (Å²) in [6, 6.07) is 0. The van der Waals surface area contributed by atoms with Crippen molar-refractivity contribution in [2.75, 3.05) is 7.11 Å². The molecule has 0 aromatic heterocycles. The molecule has 3 heteroatoms. The van der Waals surface area contributed by atoms with Crippen LogP contribution in [0.5, 0.6) is 0 Å². The lowest BCUT2D eigenvalue weighted by Gasteiger charge is -2.25. The zero-order valence-electron chi connectivity index (χ0n) is 7.25. The Balaban J connectivity index is 2.88. The molecule has 0 saturated heterocycles. The number of rotatable bonds is 2. The monoisotopic (exact) mass is 170 g/mol. The third-order valence-electron chi connectivity index (χ3n) is 2.59. The molecule has 1 saturated carbocycles. The van der Waals surface area contributed by atoms with Crippen molar-refractivity contribution >= 4 is 5.97 Å². The molecule has 68 valence electrons. The second kappa shape index (κ2) is 3.27. The standard InChI is InChI=1S/C9H14O3/c1-3-9(8(11)12-2)6-4-5-7(9)10/h3,7,10H,1,4-6H2,2H3/t7-,9+/m1/s1. The Morgan fingerprint density at radius 2 is 2.50 bits per heavy atom. The van der Waals surface area contributed by atoms with Gasteiger partial charge in [0.05, 0.1) is 13.2 Å². The molecule has 12 heavy (non-hydrogen) atoms. The van der Waals surface area contributed by atoms with E-state index < -0.39 is 11.5 Å². The molecule has 0 unspecified atom stereocenters. The quantitative estimate of drug-likeness (QED) is 0.494. The van der Waals surface area contributed by atoms with E-state index in [-0.39, 0.29) is 5.97 Å². The molecule has 1 N–H and O–H groups in total. The van der Waals surface area contributed by atoms with Crippen LogP contribution >= 0.6 is 0 Å². The van der Waals surface area contributed by atoms with Crippen molar-refractivity contribution in [3.63, 3.8) is 0 Å². The predicted octanol–water partition coefficient (Wildman–Crippen LogP) is 0.877. The van der Waals surface area contributed by atoms with Crippen molar-refractivity contribution in [2.45, 2.75) is 25.4 Å². The minimum Gasteiger partial charge on any atom is -0.468 e. The van der Waals surface area contributed by atoms with Crippen LogP contribution < -0.4 is 0 Å². The number of hydrogen-bond donors (Lipinski definition) is 1. The van der Waals surface area contributed by atoms with E-state index >= 15 is 0 Å². The fourth-order valence-electron chi connectivity index (χ4n) is 1.76. The average Bonchev–Trinajstić information content (AvgIpc) is 2.46. The zero-order valence-corrected chi connectivity index (χ0v) is 7.25. The van der Waals surface area contributed by atoms with Gasteiger partial charge in [-0.3, -0.25) is 4.79 Å². The largest absolute Gasteiger partial charge is 0.468 e. The number of methoxy groups -OCH3 is 1. The number of ether oxygens (including phenoxy) is 1. The molecule has 0 heterocycles. The van der Waals surface area contributed by atoms with Gasteiger partial charge >= 0.3 is 5.97 Å². The van der Waals surface area contributed by atoms with Gasteiger partial charge in [-0.05, 0) is 19.3 Å². The van der Waals surface area contributed by atoms with Gasteiger partial charge in [0, 0.05) is 0 Å². The molecule has 3 nitrogen and oxygen atoms in total. The fourth-order valence-corrected chi connectivity index (χ4v) is 1.76. The van der Waals surface area contributed by atoms with Crippen LogP contribution in [0.15, 0.2) is 12.7 Å². The highest BCUT2D eigenvalue weighted by molar-refractivity contribution is 5.80. The van der Waals surface area contributed by atoms with E-state index in [1.54, 1.807) is 0 Å². The number of carbonyl (C=O) groups excluding carboxylic acids is 1. The van der Waals surface area contributed by atoms with Crippen molar-refractivity contribution in [1.29, 1.82) is 0 Å². The first kappa shape index (κ1) is 9.26. The van der Waals surface area contributed by atoms with E-state index in [9.17, 15) is 9.90 Å². The van der Waals surface area contributed by atoms with Crippen molar-refractivity contribution in [1.82, 2.24) is 0 Å². The van der Waals surface area contributed by atoms with Gasteiger partial charge in [-0.2, -0.15) is 0 Å². The van der Waals surface area contributed by atoms with E-state index in [1.807, 2.05) is 0 Å². The summed E-state index contributed by atoms with van der Waals surface area (Å²) in [5.74, 6) is -0.373. The van der Waals surface area contributed by atoms with Crippen LogP contribution in [-0.4, -0.2) is 24.3 Å². The average molecular weight is 170 g/mol. The molecule has 0 aromatic rings. The topological polar surface area (TPSA) is 46.5 Å². The van der Waals surface area contributed by atoms with Crippen LogP contribution in [0.25, 0.3) is 0 Å². The van der Waals surface area contributed by atoms with Crippen molar-refractivity contribution in [3.8, 4) is 0 Å². The lowest BCUT2D eigenvalue weighted by molar-refractivity contribution is -0.154. The second-order valence-corrected chi connectivity index (χ2v) is 3.14. The highest BCUT2D eigenvalue weighted by Crippen LogP contribution is 2.40. The molecule has 2 atom stereocenters. The Morgan fingerprint density at radius 1 is 1.83 bits per heavy atom. The van der Waals surface area contributed by atoms with Crippen LogP contribution in [0.3, 0.4) is 0 Å². The third-order valence-corrected chi connectivity index (χ3v) is 2.59. The van der Waals surface area contributed by atoms with E-state index in [2.05, 4.69) is 11.3 Å². The molecule has 1 aliphatic rings. The van der Waals surface area contributed by atoms with Gasteiger partial charge in [-0.1, -0.05) is 6.08 Å². The molecule has 0 radical (unpaired) electrons. The van der Waals surface area contributed by atoms with Gasteiger partial charge in [0.1, 0.15) is 5.41 Å². The second-order valence-electron chi connectivity index (χ2n) is 3.14. The van der Waals surface area contributed by atoms with Crippen molar-refractivity contribution in [2.24, 2.45) is 5.41 Å². The van der Waals surface area contributed by atoms with Gasteiger partial charge < -0.3 is 9.84 Å². The van der Waals surface area contributed by atoms with Gasteiger partial charge in [0.25, 0.3) is 0 Å². The maximum Gasteiger partial charge on any atom is 0.318 e. The van der Waals surface area contributed by atoms with E-state index in [0.717, 1.165) is 6.42 Å². The first-order valence-corrected chi connectivity index (χ1v) is 4.07. The highest BCUT2D eigenvalue weighted by Gasteiger charge is 2.46. The Labute approximate surface area is 72.0 Å². The Hall–Kier alpha value is -0.830. The first-order chi connectivity index (χ1) is 5.67. The number of esters is 1. The third kappa shape index (κ3) is 1.14. The van der Waals surface area contributed by atoms with Crippen molar-refractivity contribution < 1.29 is 14.6 Å². The van der Waals surface area contributed by atoms with E-state index in [1.165, 1.54) is 13.2 Å². The maximum atomic E-state index is 11.3. The van der Waals surface area contributed by atoms with Crippen LogP contribution in [-0.2, 0) is 9.53 Å². The Morgan fingerprint density at radius 3 is 2.83 bits per heavy atom. The summed E-state index contributed by atoms with van der Waals surface area (Å²) in [6.45, 7) is 3.57. The summed E-state index contributed by atoms with van der Waals surface area (Å²) >= 11 is 0. The molecular weight excluding hydrogens is 156 g/mol. The normalized spacial score (nSPS) is 34.7. The van der Waals surface area contributed by atoms with Gasteiger partial charge in [-0.15, -0.1) is 6.58 Å². The van der Waals surface area contributed by atoms with Crippen LogP contribution in [0.1, 0.15) is 19.3 Å². The molecule has 0 aliphatic heterocycles. The summed E-state index contributed by atoms with van der Waals surface area (Å²) in [5, 5.41) is 9.57. The number of aliphatic hydroxyl groups is 1. The predicted molar refractivity (Wildman–Crippen MR) is 44.5 cm³/mol. The number of carbonyl (C=O) groups is 1. The Bertz CT molecular complexity index is 200. The summed E-state index contributed by atoms with van der Waals surface area (Å²) in [7, 11) is 1.33. The van der Waals surface area contributed by atoms with E-state index in [4.69, 9.17) is 0 Å². The summed E-state index contributed by atoms with van der Waals surface area (Å²) in [5.41, 5.74) is -0.839. The summed E-state index contributed by atoms with van der Waals surface area (Å²) in [6.07, 6.45) is 3.03. The van der Waals surface area contributed by atoms with Crippen LogP contribution in [0, 0.1) is 5.41 Å². The minimum absolute atomic E-state index is 0.373. The van der Waals surface area contributed by atoms with E-state index in [0.29, 0.717) is 12.8 Å². The Kier molecular flexibility index (Phi) is 2.52. The SMILES string of the molecule is C=C[C@]1(C(=O)OC)CCC[C@H]1O. The summed E-state index contributed by atoms with van der Waals surface area (Å²) < 4.78 is 4.63. The fraction of sp³-hybridized carbons (Fsp3) is 0.667. The van der Waals surface area contributed by atoms with Gasteiger partial charge in [0.2, 0.25) is 0 Å². The molecule has 0 aromatic carbocycles. The smallest absolute Gasteiger partial charge is 0.318 e. The highest BCUT2D eigenvalue weighted by atomic mass is 16.5. The number of hydrogen-bond acceptors (Lipinski definition) is 3. The minimum atomic E-state index is -0.839. The molecule has 0 bridgehead atoms. The molecule has 1 rings (SSSR count). The van der Waals surface area contributed by atoms with Crippen LogP contribution in [0.2, 0.25) is 0 Å². The maximum absolute atomic E-state index is 11.3. The van der Waals surface area contributed by atoms with Crippen LogP contribution in [0.4, 0.5) is 0 Å². The molecular formula is C9H14O3. The lowest BCUT2D eigenvalue weighted by atomic mass is 9.84. The molecule has 0 amide bonds. The zero-order chi connectivity index (χ0) is 9.19. The molecule has 0 spiro atoms. The first-order valence-electron chi connectivity index (χ1n) is 4.07. The molecule has 1 aliphatic carbocycles. The number of aliphatic hydroxyl groups excluding tert-OH is 1. The van der Waals surface area contributed by atoms with Crippen molar-refractivity contribution in [3.05, 3.63) is 12.7 Å². The lowest BCUT2D eigenvalue weighted by Crippen LogP contribution is -2.37.